The molecule has 4 nitrogen and oxygen atoms in total. The molecule has 0 aromatic heterocycles. The Morgan fingerprint density at radius 3 is 2.42 bits per heavy atom. The summed E-state index contributed by atoms with van der Waals surface area (Å²) in [4.78, 5) is 2.56. The Kier molecular flexibility index (Phi) is 4.98. The van der Waals surface area contributed by atoms with E-state index in [9.17, 15) is 8.42 Å². The van der Waals surface area contributed by atoms with Crippen LogP contribution >= 0.6 is 0 Å². The summed E-state index contributed by atoms with van der Waals surface area (Å²) in [7, 11) is -0.730. The lowest BCUT2D eigenvalue weighted by Crippen LogP contribution is -2.55. The molecule has 2 unspecified atom stereocenters. The molecule has 0 bridgehead atoms. The highest BCUT2D eigenvalue weighted by molar-refractivity contribution is 7.89. The maximum Gasteiger partial charge on any atom is 0.151 e. The van der Waals surface area contributed by atoms with Crippen molar-refractivity contribution < 1.29 is 13.2 Å². The predicted octanol–water partition coefficient (Wildman–Crippen LogP) is 4.86. The molecule has 3 aliphatic rings. The van der Waals surface area contributed by atoms with E-state index in [-0.39, 0.29) is 11.4 Å². The van der Waals surface area contributed by atoms with E-state index in [0.29, 0.717) is 11.5 Å². The van der Waals surface area contributed by atoms with Crippen molar-refractivity contribution in [2.45, 2.75) is 62.8 Å². The molecular weight excluding hydrogens is 406 g/mol. The Morgan fingerprint density at radius 2 is 1.74 bits per heavy atom. The van der Waals surface area contributed by atoms with Gasteiger partial charge in [0.15, 0.2) is 9.84 Å². The molecule has 31 heavy (non-hydrogen) atoms. The van der Waals surface area contributed by atoms with Crippen LogP contribution in [0.2, 0.25) is 0 Å². The summed E-state index contributed by atoms with van der Waals surface area (Å²) < 4.78 is 29.8. The van der Waals surface area contributed by atoms with Crippen molar-refractivity contribution in [1.82, 2.24) is 4.90 Å². The number of fused-ring (bicyclic) bond motifs is 1. The standard InChI is InChI=1S/C26H33NO3S/c1-25(12-13-25)24-17-26(14-15-27(24)2)11-10-22-16-21(8-9-23(22)30-26)20-6-4-19(5-7-20)18-31(3,28)29/h4-9,16,24H,10-15,17-18H2,1-3H3. The Labute approximate surface area is 186 Å². The number of piperidine rings is 1. The number of benzene rings is 2. The molecule has 2 aromatic carbocycles. The third kappa shape index (κ3) is 4.27. The molecule has 2 heterocycles. The largest absolute Gasteiger partial charge is 0.487 e. The van der Waals surface area contributed by atoms with E-state index in [2.05, 4.69) is 37.1 Å². The van der Waals surface area contributed by atoms with Crippen molar-refractivity contribution in [3.63, 3.8) is 0 Å². The van der Waals surface area contributed by atoms with Gasteiger partial charge in [0.2, 0.25) is 0 Å². The summed E-state index contributed by atoms with van der Waals surface area (Å²) in [5, 5.41) is 0. The number of aryl methyl sites for hydroxylation is 1. The number of rotatable bonds is 4. The maximum atomic E-state index is 11.5. The molecule has 1 spiro atoms. The summed E-state index contributed by atoms with van der Waals surface area (Å²) in [6, 6.07) is 15.0. The van der Waals surface area contributed by atoms with E-state index in [4.69, 9.17) is 4.74 Å². The lowest BCUT2D eigenvalue weighted by molar-refractivity contribution is -0.0488. The van der Waals surface area contributed by atoms with Crippen molar-refractivity contribution in [1.29, 1.82) is 0 Å². The predicted molar refractivity (Wildman–Crippen MR) is 125 cm³/mol. The first-order valence-electron chi connectivity index (χ1n) is 11.4. The fourth-order valence-electron chi connectivity index (χ4n) is 5.57. The zero-order chi connectivity index (χ0) is 21.9. The third-order valence-electron chi connectivity index (χ3n) is 7.81. The molecule has 1 saturated heterocycles. The van der Waals surface area contributed by atoms with Gasteiger partial charge in [-0.1, -0.05) is 37.3 Å². The van der Waals surface area contributed by atoms with Crippen molar-refractivity contribution in [2.24, 2.45) is 5.41 Å². The number of likely N-dealkylation sites (tertiary alicyclic amines) is 1. The van der Waals surface area contributed by atoms with Crippen LogP contribution in [0.3, 0.4) is 0 Å². The minimum Gasteiger partial charge on any atom is -0.487 e. The van der Waals surface area contributed by atoms with Gasteiger partial charge in [-0.3, -0.25) is 0 Å². The van der Waals surface area contributed by atoms with Gasteiger partial charge in [0.1, 0.15) is 11.4 Å². The minimum absolute atomic E-state index is 0.00934. The second-order valence-corrected chi connectivity index (χ2v) is 12.6. The van der Waals surface area contributed by atoms with Crippen LogP contribution in [0.4, 0.5) is 0 Å². The third-order valence-corrected chi connectivity index (χ3v) is 8.67. The van der Waals surface area contributed by atoms with E-state index in [1.54, 1.807) is 0 Å². The highest BCUT2D eigenvalue weighted by atomic mass is 32.2. The average Bonchev–Trinajstić information content (AvgIpc) is 3.47. The molecule has 5 heteroatoms. The fourth-order valence-corrected chi connectivity index (χ4v) is 6.37. The molecule has 0 N–H and O–H groups in total. The highest BCUT2D eigenvalue weighted by Gasteiger charge is 2.53. The maximum absolute atomic E-state index is 11.5. The van der Waals surface area contributed by atoms with Crippen molar-refractivity contribution in [3.05, 3.63) is 53.6 Å². The van der Waals surface area contributed by atoms with Crippen molar-refractivity contribution in [3.8, 4) is 16.9 Å². The summed E-state index contributed by atoms with van der Waals surface area (Å²) in [5.41, 5.74) is 4.87. The first-order chi connectivity index (χ1) is 14.6. The number of sulfone groups is 1. The van der Waals surface area contributed by atoms with Gasteiger partial charge in [-0.25, -0.2) is 8.42 Å². The molecule has 2 atom stereocenters. The molecule has 166 valence electrons. The van der Waals surface area contributed by atoms with Gasteiger partial charge in [0.25, 0.3) is 0 Å². The van der Waals surface area contributed by atoms with Crippen molar-refractivity contribution >= 4 is 9.84 Å². The molecule has 0 amide bonds. The zero-order valence-corrected chi connectivity index (χ0v) is 19.7. The van der Waals surface area contributed by atoms with Gasteiger partial charge >= 0.3 is 0 Å². The van der Waals surface area contributed by atoms with Gasteiger partial charge in [0.05, 0.1) is 5.75 Å². The highest BCUT2D eigenvalue weighted by Crippen LogP contribution is 2.54. The average molecular weight is 440 g/mol. The minimum atomic E-state index is -3.01. The van der Waals surface area contributed by atoms with E-state index < -0.39 is 9.84 Å². The van der Waals surface area contributed by atoms with Crippen LogP contribution in [0.25, 0.3) is 11.1 Å². The van der Waals surface area contributed by atoms with Crippen LogP contribution < -0.4 is 4.74 Å². The number of nitrogens with zero attached hydrogens (tertiary/aromatic N) is 1. The molecule has 2 aromatic rings. The lowest BCUT2D eigenvalue weighted by atomic mass is 9.76. The van der Waals surface area contributed by atoms with Crippen molar-refractivity contribution in [2.75, 3.05) is 19.8 Å². The summed E-state index contributed by atoms with van der Waals surface area (Å²) in [6.07, 6.45) is 8.37. The van der Waals surface area contributed by atoms with Crippen LogP contribution in [-0.4, -0.2) is 44.8 Å². The van der Waals surface area contributed by atoms with Gasteiger partial charge < -0.3 is 9.64 Å². The molecular formula is C26H33NO3S. The Hall–Kier alpha value is -1.85. The quantitative estimate of drug-likeness (QED) is 0.683. The fraction of sp³-hybridized carbons (Fsp3) is 0.538. The normalized spacial score (nSPS) is 27.5. The molecule has 2 aliphatic heterocycles. The smallest absolute Gasteiger partial charge is 0.151 e. The Balaban J connectivity index is 1.34. The number of hydrogen-bond acceptors (Lipinski definition) is 4. The second-order valence-electron chi connectivity index (χ2n) is 10.5. The Morgan fingerprint density at radius 1 is 1.03 bits per heavy atom. The SMILES string of the molecule is CN1CCC2(CCc3cc(-c4ccc(CS(C)(=O)=O)cc4)ccc3O2)CC1C1(C)CC1. The van der Waals surface area contributed by atoms with E-state index in [0.717, 1.165) is 54.7 Å². The van der Waals surface area contributed by atoms with Crippen LogP contribution in [0.15, 0.2) is 42.5 Å². The van der Waals surface area contributed by atoms with Gasteiger partial charge in [-0.15, -0.1) is 0 Å². The van der Waals surface area contributed by atoms with E-state index >= 15 is 0 Å². The monoisotopic (exact) mass is 439 g/mol. The topological polar surface area (TPSA) is 46.6 Å². The summed E-state index contributed by atoms with van der Waals surface area (Å²) in [5.74, 6) is 1.13. The Bertz CT molecular complexity index is 1090. The zero-order valence-electron chi connectivity index (χ0n) is 18.9. The molecule has 0 radical (unpaired) electrons. The molecule has 1 saturated carbocycles. The van der Waals surface area contributed by atoms with Crippen LogP contribution in [0, 0.1) is 5.41 Å². The second kappa shape index (κ2) is 7.35. The van der Waals surface area contributed by atoms with E-state index in [1.165, 1.54) is 24.7 Å². The van der Waals surface area contributed by atoms with E-state index in [1.807, 2.05) is 24.3 Å². The van der Waals surface area contributed by atoms with Gasteiger partial charge in [0, 0.05) is 25.3 Å². The summed E-state index contributed by atoms with van der Waals surface area (Å²) in [6.45, 7) is 3.56. The van der Waals surface area contributed by atoms with Gasteiger partial charge in [-0.05, 0) is 79.0 Å². The summed E-state index contributed by atoms with van der Waals surface area (Å²) >= 11 is 0. The first-order valence-corrected chi connectivity index (χ1v) is 13.5. The molecule has 2 fully saturated rings. The lowest BCUT2D eigenvalue weighted by Gasteiger charge is -2.49. The molecule has 5 rings (SSSR count). The number of hydrogen-bond donors (Lipinski definition) is 0. The van der Waals surface area contributed by atoms with Crippen LogP contribution in [0.5, 0.6) is 5.75 Å². The van der Waals surface area contributed by atoms with Gasteiger partial charge in [-0.2, -0.15) is 0 Å². The number of ether oxygens (including phenoxy) is 1. The van der Waals surface area contributed by atoms with Crippen LogP contribution in [-0.2, 0) is 22.0 Å². The van der Waals surface area contributed by atoms with Crippen LogP contribution in [0.1, 0.15) is 50.2 Å². The molecule has 1 aliphatic carbocycles. The first kappa shape index (κ1) is 21.0.